The van der Waals surface area contributed by atoms with Crippen molar-refractivity contribution in [1.82, 2.24) is 5.43 Å². The van der Waals surface area contributed by atoms with Gasteiger partial charge < -0.3 is 18.9 Å². The van der Waals surface area contributed by atoms with E-state index in [9.17, 15) is 13.2 Å². The van der Waals surface area contributed by atoms with Crippen LogP contribution in [-0.4, -0.2) is 60.8 Å². The van der Waals surface area contributed by atoms with Crippen LogP contribution in [0.1, 0.15) is 12.5 Å². The van der Waals surface area contributed by atoms with E-state index in [1.54, 1.807) is 30.3 Å². The van der Waals surface area contributed by atoms with Gasteiger partial charge in [-0.3, -0.25) is 9.10 Å². The molecule has 0 heterocycles. The van der Waals surface area contributed by atoms with E-state index in [2.05, 4.69) is 17.1 Å². The van der Waals surface area contributed by atoms with Gasteiger partial charge in [0.2, 0.25) is 10.0 Å². The zero-order valence-corrected chi connectivity index (χ0v) is 20.4. The van der Waals surface area contributed by atoms with Gasteiger partial charge in [0.1, 0.15) is 24.7 Å². The van der Waals surface area contributed by atoms with E-state index in [1.165, 1.54) is 32.6 Å². The predicted octanol–water partition coefficient (Wildman–Crippen LogP) is 2.58. The van der Waals surface area contributed by atoms with Gasteiger partial charge in [-0.05, 0) is 42.8 Å². The molecule has 2 rings (SSSR count). The van der Waals surface area contributed by atoms with E-state index in [4.69, 9.17) is 18.9 Å². The van der Waals surface area contributed by atoms with Crippen LogP contribution in [0, 0.1) is 0 Å². The van der Waals surface area contributed by atoms with Crippen molar-refractivity contribution in [3.05, 3.63) is 54.6 Å². The van der Waals surface area contributed by atoms with Crippen molar-refractivity contribution < 1.29 is 32.2 Å². The summed E-state index contributed by atoms with van der Waals surface area (Å²) in [7, 11) is -0.929. The van der Waals surface area contributed by atoms with E-state index in [1.807, 2.05) is 6.92 Å². The summed E-state index contributed by atoms with van der Waals surface area (Å²) < 4.78 is 47.2. The number of nitrogens with one attached hydrogen (secondary N) is 1. The van der Waals surface area contributed by atoms with Crippen molar-refractivity contribution >= 4 is 27.8 Å². The van der Waals surface area contributed by atoms with E-state index >= 15 is 0 Å². The Hall–Kier alpha value is -3.73. The van der Waals surface area contributed by atoms with Gasteiger partial charge >= 0.3 is 0 Å². The number of carbonyl (C=O) groups is 1. The summed E-state index contributed by atoms with van der Waals surface area (Å²) in [4.78, 5) is 12.5. The van der Waals surface area contributed by atoms with Crippen LogP contribution in [0.25, 0.3) is 0 Å². The quantitative estimate of drug-likeness (QED) is 0.260. The van der Waals surface area contributed by atoms with Crippen LogP contribution >= 0.6 is 0 Å². The lowest BCUT2D eigenvalue weighted by Gasteiger charge is -2.23. The Bertz CT molecular complexity index is 1130. The maximum Gasteiger partial charge on any atom is 0.260 e. The van der Waals surface area contributed by atoms with Crippen molar-refractivity contribution in [3.8, 4) is 23.0 Å². The molecular weight excluding hydrogens is 462 g/mol. The highest BCUT2D eigenvalue weighted by atomic mass is 32.2. The molecule has 34 heavy (non-hydrogen) atoms. The molecule has 0 fully saturated rings. The molecule has 0 saturated carbocycles. The number of methoxy groups -OCH3 is 2. The van der Waals surface area contributed by atoms with Gasteiger partial charge in [-0.1, -0.05) is 12.7 Å². The minimum absolute atomic E-state index is 0.196. The number of hydrogen-bond acceptors (Lipinski definition) is 8. The minimum atomic E-state index is -3.80. The van der Waals surface area contributed by atoms with Gasteiger partial charge in [-0.25, -0.2) is 13.8 Å². The number of benzene rings is 2. The van der Waals surface area contributed by atoms with Crippen LogP contribution in [0.3, 0.4) is 0 Å². The van der Waals surface area contributed by atoms with Gasteiger partial charge in [0.25, 0.3) is 5.91 Å². The molecule has 2 aromatic carbocycles. The van der Waals surface area contributed by atoms with Gasteiger partial charge in [-0.2, -0.15) is 5.10 Å². The molecule has 184 valence electrons. The van der Waals surface area contributed by atoms with Crippen LogP contribution in [0.5, 0.6) is 23.0 Å². The SMILES string of the molecule is C=CCOc1ccc(/C=N\NC(=O)CN(c2ccc(OC)cc2OC)S(C)(=O)=O)cc1OCC. The van der Waals surface area contributed by atoms with Gasteiger partial charge in [0, 0.05) is 6.07 Å². The second-order valence-electron chi connectivity index (χ2n) is 6.84. The first kappa shape index (κ1) is 26.5. The molecule has 0 aliphatic carbocycles. The molecular formula is C23H29N3O7S. The highest BCUT2D eigenvalue weighted by Gasteiger charge is 2.24. The number of sulfonamides is 1. The topological polar surface area (TPSA) is 116 Å². The van der Waals surface area contributed by atoms with E-state index in [0.29, 0.717) is 36.0 Å². The number of ether oxygens (including phenoxy) is 4. The number of carbonyl (C=O) groups excluding carboxylic acids is 1. The summed E-state index contributed by atoms with van der Waals surface area (Å²) in [5, 5.41) is 3.92. The molecule has 11 heteroatoms. The van der Waals surface area contributed by atoms with Crippen LogP contribution in [-0.2, 0) is 14.8 Å². The molecule has 0 aliphatic rings. The zero-order valence-electron chi connectivity index (χ0n) is 19.6. The van der Waals surface area contributed by atoms with Crippen LogP contribution in [0.4, 0.5) is 5.69 Å². The monoisotopic (exact) mass is 491 g/mol. The minimum Gasteiger partial charge on any atom is -0.497 e. The summed E-state index contributed by atoms with van der Waals surface area (Å²) >= 11 is 0. The second-order valence-corrected chi connectivity index (χ2v) is 8.75. The maximum absolute atomic E-state index is 12.5. The van der Waals surface area contributed by atoms with E-state index in [-0.39, 0.29) is 11.4 Å². The van der Waals surface area contributed by atoms with E-state index < -0.39 is 22.5 Å². The summed E-state index contributed by atoms with van der Waals surface area (Å²) in [5.74, 6) is 1.16. The van der Waals surface area contributed by atoms with Crippen LogP contribution < -0.4 is 28.7 Å². The average molecular weight is 492 g/mol. The molecule has 10 nitrogen and oxygen atoms in total. The zero-order chi connectivity index (χ0) is 25.1. The number of nitrogens with zero attached hydrogens (tertiary/aromatic N) is 2. The Morgan fingerprint density at radius 3 is 2.47 bits per heavy atom. The molecule has 1 amide bonds. The second kappa shape index (κ2) is 12.5. The summed E-state index contributed by atoms with van der Waals surface area (Å²) in [5.41, 5.74) is 3.18. The Kier molecular flexibility index (Phi) is 9.75. The molecule has 0 spiro atoms. The molecule has 0 unspecified atom stereocenters. The van der Waals surface area contributed by atoms with Crippen molar-refractivity contribution in [3.63, 3.8) is 0 Å². The molecule has 2 aromatic rings. The third-order valence-corrected chi connectivity index (χ3v) is 5.50. The molecule has 1 N–H and O–H groups in total. The fourth-order valence-electron chi connectivity index (χ4n) is 2.86. The first-order valence-corrected chi connectivity index (χ1v) is 12.1. The fraction of sp³-hybridized carbons (Fsp3) is 0.304. The first-order valence-electron chi connectivity index (χ1n) is 10.3. The number of rotatable bonds is 13. The highest BCUT2D eigenvalue weighted by Crippen LogP contribution is 2.33. The number of anilines is 1. The molecule has 0 radical (unpaired) electrons. The summed E-state index contributed by atoms with van der Waals surface area (Å²) in [6, 6.07) is 9.77. The Morgan fingerprint density at radius 2 is 1.85 bits per heavy atom. The molecule has 0 bridgehead atoms. The number of hydrazone groups is 1. The van der Waals surface area contributed by atoms with Crippen LogP contribution in [0.15, 0.2) is 54.2 Å². The maximum atomic E-state index is 12.5. The fourth-order valence-corrected chi connectivity index (χ4v) is 3.72. The molecule has 0 aromatic heterocycles. The molecule has 0 aliphatic heterocycles. The highest BCUT2D eigenvalue weighted by molar-refractivity contribution is 7.92. The average Bonchev–Trinajstić information content (AvgIpc) is 2.81. The summed E-state index contributed by atoms with van der Waals surface area (Å²) in [6.07, 6.45) is 4.04. The first-order chi connectivity index (χ1) is 16.2. The normalized spacial score (nSPS) is 11.1. The largest absolute Gasteiger partial charge is 0.497 e. The Labute approximate surface area is 199 Å². The molecule has 0 saturated heterocycles. The summed E-state index contributed by atoms with van der Waals surface area (Å²) in [6.45, 7) is 5.74. The Balaban J connectivity index is 2.15. The van der Waals surface area contributed by atoms with Crippen molar-refractivity contribution in [2.75, 3.05) is 44.5 Å². The van der Waals surface area contributed by atoms with Gasteiger partial charge in [0.15, 0.2) is 11.5 Å². The lowest BCUT2D eigenvalue weighted by Crippen LogP contribution is -2.39. The smallest absolute Gasteiger partial charge is 0.260 e. The lowest BCUT2D eigenvalue weighted by molar-refractivity contribution is -0.119. The van der Waals surface area contributed by atoms with E-state index in [0.717, 1.165) is 10.6 Å². The molecule has 0 atom stereocenters. The standard InChI is InChI=1S/C23H29N3O7S/c1-6-12-33-20-11-8-17(13-22(20)32-7-2)15-24-25-23(27)16-26(34(5,28)29)19-10-9-18(30-3)14-21(19)31-4/h6,8-11,13-15H,1,7,12,16H2,2-5H3,(H,25,27)/b24-15-. The van der Waals surface area contributed by atoms with Gasteiger partial charge in [-0.15, -0.1) is 0 Å². The third-order valence-electron chi connectivity index (χ3n) is 4.37. The number of hydrogen-bond donors (Lipinski definition) is 1. The predicted molar refractivity (Wildman–Crippen MR) is 131 cm³/mol. The lowest BCUT2D eigenvalue weighted by atomic mass is 10.2. The van der Waals surface area contributed by atoms with Crippen LogP contribution in [0.2, 0.25) is 0 Å². The third kappa shape index (κ3) is 7.41. The van der Waals surface area contributed by atoms with Crippen molar-refractivity contribution in [2.24, 2.45) is 5.10 Å². The van der Waals surface area contributed by atoms with Crippen molar-refractivity contribution in [1.29, 1.82) is 0 Å². The van der Waals surface area contributed by atoms with Crippen molar-refractivity contribution in [2.45, 2.75) is 6.92 Å². The van der Waals surface area contributed by atoms with Gasteiger partial charge in [0.05, 0.1) is 39.0 Å². The number of amides is 1. The Morgan fingerprint density at radius 1 is 1.09 bits per heavy atom.